The average Bonchev–Trinajstić information content (AvgIpc) is 2.66. The molecule has 3 N–H and O–H groups in total. The van der Waals surface area contributed by atoms with Gasteiger partial charge in [-0.15, -0.1) is 24.0 Å². The van der Waals surface area contributed by atoms with Crippen LogP contribution in [0.1, 0.15) is 28.5 Å². The Bertz CT molecular complexity index is 706. The van der Waals surface area contributed by atoms with Crippen molar-refractivity contribution in [2.45, 2.75) is 19.9 Å². The van der Waals surface area contributed by atoms with E-state index in [2.05, 4.69) is 25.9 Å². The minimum absolute atomic E-state index is 0. The van der Waals surface area contributed by atoms with Crippen molar-refractivity contribution in [2.75, 3.05) is 20.1 Å². The molecule has 0 aliphatic heterocycles. The molecule has 0 aliphatic carbocycles. The molecule has 7 heteroatoms. The molecule has 0 spiro atoms. The first-order valence-corrected chi connectivity index (χ1v) is 8.44. The lowest BCUT2D eigenvalue weighted by molar-refractivity contribution is 0.0955. The number of carbonyl (C=O) groups excluding carboxylic acids is 1. The van der Waals surface area contributed by atoms with E-state index in [0.29, 0.717) is 18.7 Å². The van der Waals surface area contributed by atoms with Crippen LogP contribution in [0.4, 0.5) is 0 Å². The van der Waals surface area contributed by atoms with Crippen molar-refractivity contribution in [3.8, 4) is 0 Å². The zero-order valence-electron chi connectivity index (χ0n) is 15.2. The number of hydrogen-bond donors (Lipinski definition) is 3. The maximum atomic E-state index is 11.9. The maximum Gasteiger partial charge on any atom is 0.251 e. The third kappa shape index (κ3) is 7.38. The Labute approximate surface area is 171 Å². The summed E-state index contributed by atoms with van der Waals surface area (Å²) in [5.41, 5.74) is 2.73. The van der Waals surface area contributed by atoms with Crippen LogP contribution >= 0.6 is 24.0 Å². The van der Waals surface area contributed by atoms with Crippen molar-refractivity contribution in [2.24, 2.45) is 4.99 Å². The lowest BCUT2D eigenvalue weighted by Crippen LogP contribution is -2.38. The van der Waals surface area contributed by atoms with Crippen molar-refractivity contribution in [3.63, 3.8) is 0 Å². The van der Waals surface area contributed by atoms with E-state index in [9.17, 15) is 4.79 Å². The number of rotatable bonds is 7. The number of guanidine groups is 1. The molecule has 0 fully saturated rings. The molecule has 0 radical (unpaired) electrons. The van der Waals surface area contributed by atoms with Crippen LogP contribution in [-0.4, -0.2) is 37.0 Å². The smallest absolute Gasteiger partial charge is 0.251 e. The normalized spacial score (nSPS) is 10.6. The van der Waals surface area contributed by atoms with E-state index < -0.39 is 0 Å². The Balaban J connectivity index is 0.00000338. The summed E-state index contributed by atoms with van der Waals surface area (Å²) in [7, 11) is 1.74. The summed E-state index contributed by atoms with van der Waals surface area (Å²) in [6, 6.07) is 13.5. The molecular formula is C19H26IN5O. The van der Waals surface area contributed by atoms with Gasteiger partial charge >= 0.3 is 0 Å². The highest BCUT2D eigenvalue weighted by Crippen LogP contribution is 2.05. The van der Waals surface area contributed by atoms with Crippen LogP contribution in [0.5, 0.6) is 0 Å². The predicted molar refractivity (Wildman–Crippen MR) is 116 cm³/mol. The van der Waals surface area contributed by atoms with Gasteiger partial charge < -0.3 is 16.0 Å². The van der Waals surface area contributed by atoms with E-state index in [1.807, 2.05) is 49.4 Å². The van der Waals surface area contributed by atoms with Crippen LogP contribution in [-0.2, 0) is 13.0 Å². The first-order chi connectivity index (χ1) is 12.2. The maximum absolute atomic E-state index is 11.9. The van der Waals surface area contributed by atoms with Crippen molar-refractivity contribution >= 4 is 35.8 Å². The van der Waals surface area contributed by atoms with Gasteiger partial charge in [0, 0.05) is 50.6 Å². The summed E-state index contributed by atoms with van der Waals surface area (Å²) in [6.07, 6.45) is 2.62. The highest BCUT2D eigenvalue weighted by molar-refractivity contribution is 14.0. The van der Waals surface area contributed by atoms with Crippen molar-refractivity contribution in [1.29, 1.82) is 0 Å². The van der Waals surface area contributed by atoms with E-state index in [-0.39, 0.29) is 29.9 Å². The molecule has 1 aromatic carbocycles. The molecule has 2 rings (SSSR count). The van der Waals surface area contributed by atoms with E-state index in [4.69, 9.17) is 0 Å². The van der Waals surface area contributed by atoms with Crippen molar-refractivity contribution < 1.29 is 4.79 Å². The fourth-order valence-corrected chi connectivity index (χ4v) is 2.35. The van der Waals surface area contributed by atoms with Crippen LogP contribution in [0, 0.1) is 0 Å². The van der Waals surface area contributed by atoms with E-state index in [1.54, 1.807) is 13.2 Å². The highest BCUT2D eigenvalue weighted by Gasteiger charge is 2.05. The van der Waals surface area contributed by atoms with Crippen LogP contribution in [0.15, 0.2) is 53.7 Å². The number of aliphatic imine (C=N–C) groups is 1. The average molecular weight is 467 g/mol. The minimum atomic E-state index is -0.0535. The SMILES string of the molecule is CCNC(=O)c1cccc(CNC(=NC)NCCc2ccccn2)c1.I. The quantitative estimate of drug-likeness (QED) is 0.332. The fraction of sp³-hybridized carbons (Fsp3) is 0.316. The van der Waals surface area contributed by atoms with E-state index in [1.165, 1.54) is 0 Å². The number of aromatic nitrogens is 1. The van der Waals surface area contributed by atoms with Gasteiger partial charge in [0.15, 0.2) is 5.96 Å². The topological polar surface area (TPSA) is 78.4 Å². The van der Waals surface area contributed by atoms with Crippen LogP contribution in [0.3, 0.4) is 0 Å². The van der Waals surface area contributed by atoms with Gasteiger partial charge in [0.2, 0.25) is 0 Å². The largest absolute Gasteiger partial charge is 0.356 e. The Morgan fingerprint density at radius 2 is 1.96 bits per heavy atom. The number of halogens is 1. The molecule has 1 aromatic heterocycles. The Morgan fingerprint density at radius 3 is 2.65 bits per heavy atom. The number of benzene rings is 1. The Kier molecular flexibility index (Phi) is 10.3. The highest BCUT2D eigenvalue weighted by atomic mass is 127. The zero-order chi connectivity index (χ0) is 17.9. The van der Waals surface area contributed by atoms with E-state index in [0.717, 1.165) is 30.2 Å². The van der Waals surface area contributed by atoms with Crippen LogP contribution in [0.2, 0.25) is 0 Å². The summed E-state index contributed by atoms with van der Waals surface area (Å²) in [5, 5.41) is 9.33. The van der Waals surface area contributed by atoms with Crippen LogP contribution < -0.4 is 16.0 Å². The molecule has 0 saturated heterocycles. The number of hydrogen-bond acceptors (Lipinski definition) is 3. The van der Waals surface area contributed by atoms with Gasteiger partial charge in [-0.25, -0.2) is 0 Å². The Hall–Kier alpha value is -2.16. The van der Waals surface area contributed by atoms with Crippen LogP contribution in [0.25, 0.3) is 0 Å². The number of pyridine rings is 1. The summed E-state index contributed by atoms with van der Waals surface area (Å²) in [5.74, 6) is 0.668. The van der Waals surface area contributed by atoms with Gasteiger partial charge in [-0.1, -0.05) is 18.2 Å². The first kappa shape index (κ1) is 21.9. The molecule has 6 nitrogen and oxygen atoms in total. The lowest BCUT2D eigenvalue weighted by Gasteiger charge is -2.12. The number of nitrogens with zero attached hydrogens (tertiary/aromatic N) is 2. The minimum Gasteiger partial charge on any atom is -0.356 e. The van der Waals surface area contributed by atoms with E-state index >= 15 is 0 Å². The molecule has 0 aliphatic rings. The predicted octanol–water partition coefficient (Wildman–Crippen LogP) is 2.36. The van der Waals surface area contributed by atoms with Crippen molar-refractivity contribution in [3.05, 3.63) is 65.5 Å². The summed E-state index contributed by atoms with van der Waals surface area (Å²) in [4.78, 5) is 20.4. The standard InChI is InChI=1S/C19H25N5O.HI/c1-3-21-18(25)16-8-6-7-15(13-16)14-24-19(20-2)23-12-10-17-9-4-5-11-22-17;/h4-9,11,13H,3,10,12,14H2,1-2H3,(H,21,25)(H2,20,23,24);1H. The molecule has 1 heterocycles. The van der Waals surface area contributed by atoms with Gasteiger partial charge in [-0.05, 0) is 36.8 Å². The third-order valence-corrected chi connectivity index (χ3v) is 3.61. The summed E-state index contributed by atoms with van der Waals surface area (Å²) >= 11 is 0. The molecule has 0 unspecified atom stereocenters. The van der Waals surface area contributed by atoms with Gasteiger partial charge in [-0.3, -0.25) is 14.8 Å². The Morgan fingerprint density at radius 1 is 1.12 bits per heavy atom. The van der Waals surface area contributed by atoms with Gasteiger partial charge in [0.25, 0.3) is 5.91 Å². The second-order valence-corrected chi connectivity index (χ2v) is 5.48. The molecule has 0 atom stereocenters. The third-order valence-electron chi connectivity index (χ3n) is 3.61. The molecule has 1 amide bonds. The number of amides is 1. The summed E-state index contributed by atoms with van der Waals surface area (Å²) in [6.45, 7) is 3.87. The molecule has 26 heavy (non-hydrogen) atoms. The van der Waals surface area contributed by atoms with Crippen molar-refractivity contribution in [1.82, 2.24) is 20.9 Å². The molecule has 2 aromatic rings. The van der Waals surface area contributed by atoms with Gasteiger partial charge in [-0.2, -0.15) is 0 Å². The number of nitrogens with one attached hydrogen (secondary N) is 3. The van der Waals surface area contributed by atoms with Gasteiger partial charge in [0.05, 0.1) is 0 Å². The molecule has 0 bridgehead atoms. The van der Waals surface area contributed by atoms with Gasteiger partial charge in [0.1, 0.15) is 0 Å². The second kappa shape index (κ2) is 12.2. The molecule has 140 valence electrons. The number of carbonyl (C=O) groups is 1. The molecule has 0 saturated carbocycles. The monoisotopic (exact) mass is 467 g/mol. The lowest BCUT2D eigenvalue weighted by atomic mass is 10.1. The second-order valence-electron chi connectivity index (χ2n) is 5.48. The fourth-order valence-electron chi connectivity index (χ4n) is 2.35. The molecular weight excluding hydrogens is 441 g/mol. The summed E-state index contributed by atoms with van der Waals surface area (Å²) < 4.78 is 0. The zero-order valence-corrected chi connectivity index (χ0v) is 17.5. The first-order valence-electron chi connectivity index (χ1n) is 8.44.